The fraction of sp³-hybridized carbons (Fsp3) is 0.214. The Labute approximate surface area is 126 Å². The molecule has 3 amide bonds. The van der Waals surface area contributed by atoms with Crippen LogP contribution in [0.1, 0.15) is 17.3 Å². The number of rotatable bonds is 4. The summed E-state index contributed by atoms with van der Waals surface area (Å²) in [6.07, 6.45) is 3.02. The summed E-state index contributed by atoms with van der Waals surface area (Å²) >= 11 is 0. The molecule has 1 aromatic heterocycles. The molecule has 0 fully saturated rings. The average molecular weight is 305 g/mol. The largest absolute Gasteiger partial charge is 0.338 e. The number of aromatic nitrogens is 2. The molecular weight excluding hydrogens is 289 g/mol. The van der Waals surface area contributed by atoms with Crippen molar-refractivity contribution in [3.05, 3.63) is 42.0 Å². The third-order valence-corrected chi connectivity index (χ3v) is 2.79. The lowest BCUT2D eigenvalue weighted by molar-refractivity contribution is 0.102. The van der Waals surface area contributed by atoms with Crippen molar-refractivity contribution < 1.29 is 14.0 Å². The molecule has 8 heteroatoms. The van der Waals surface area contributed by atoms with Gasteiger partial charge in [-0.3, -0.25) is 9.48 Å². The fourth-order valence-electron chi connectivity index (χ4n) is 1.87. The van der Waals surface area contributed by atoms with Crippen molar-refractivity contribution in [2.45, 2.75) is 6.92 Å². The van der Waals surface area contributed by atoms with Crippen LogP contribution in [-0.2, 0) is 7.05 Å². The van der Waals surface area contributed by atoms with E-state index in [1.165, 1.54) is 23.0 Å². The van der Waals surface area contributed by atoms with Gasteiger partial charge in [0.25, 0.3) is 5.91 Å². The molecule has 0 saturated heterocycles. The number of hydrogen-bond donors (Lipinski definition) is 3. The second-order valence-corrected chi connectivity index (χ2v) is 4.50. The van der Waals surface area contributed by atoms with E-state index >= 15 is 0 Å². The summed E-state index contributed by atoms with van der Waals surface area (Å²) in [6, 6.07) is 3.51. The predicted molar refractivity (Wildman–Crippen MR) is 80.3 cm³/mol. The molecule has 0 aliphatic carbocycles. The molecule has 0 atom stereocenters. The fourth-order valence-corrected chi connectivity index (χ4v) is 1.87. The summed E-state index contributed by atoms with van der Waals surface area (Å²) in [6.45, 7) is 2.17. The maximum Gasteiger partial charge on any atom is 0.319 e. The summed E-state index contributed by atoms with van der Waals surface area (Å²) in [7, 11) is 1.70. The van der Waals surface area contributed by atoms with Crippen LogP contribution >= 0.6 is 0 Å². The van der Waals surface area contributed by atoms with E-state index < -0.39 is 17.8 Å². The molecule has 0 radical (unpaired) electrons. The maximum atomic E-state index is 14.0. The van der Waals surface area contributed by atoms with Gasteiger partial charge in [-0.1, -0.05) is 6.07 Å². The zero-order valence-electron chi connectivity index (χ0n) is 12.2. The number of carbonyl (C=O) groups is 2. The minimum absolute atomic E-state index is 0.0901. The van der Waals surface area contributed by atoms with Crippen LogP contribution < -0.4 is 16.0 Å². The second-order valence-electron chi connectivity index (χ2n) is 4.50. The van der Waals surface area contributed by atoms with E-state index in [2.05, 4.69) is 21.0 Å². The van der Waals surface area contributed by atoms with Gasteiger partial charge in [0.05, 0.1) is 23.1 Å². The first-order valence-corrected chi connectivity index (χ1v) is 6.64. The van der Waals surface area contributed by atoms with Crippen molar-refractivity contribution in [2.24, 2.45) is 7.05 Å². The first-order chi connectivity index (χ1) is 10.5. The molecule has 2 aromatic rings. The topological polar surface area (TPSA) is 88.1 Å². The number of halogens is 1. The van der Waals surface area contributed by atoms with Crippen LogP contribution in [0.2, 0.25) is 0 Å². The van der Waals surface area contributed by atoms with Gasteiger partial charge in [-0.2, -0.15) is 5.10 Å². The zero-order chi connectivity index (χ0) is 16.1. The van der Waals surface area contributed by atoms with Crippen molar-refractivity contribution in [3.8, 4) is 0 Å². The molecule has 1 aromatic carbocycles. The van der Waals surface area contributed by atoms with Gasteiger partial charge < -0.3 is 16.0 Å². The molecule has 3 N–H and O–H groups in total. The van der Waals surface area contributed by atoms with Gasteiger partial charge in [-0.15, -0.1) is 0 Å². The van der Waals surface area contributed by atoms with Gasteiger partial charge in [0.1, 0.15) is 5.82 Å². The molecule has 22 heavy (non-hydrogen) atoms. The molecule has 0 unspecified atom stereocenters. The molecule has 0 aliphatic heterocycles. The highest BCUT2D eigenvalue weighted by Crippen LogP contribution is 2.20. The molecule has 0 aliphatic rings. The quantitative estimate of drug-likeness (QED) is 0.806. The summed E-state index contributed by atoms with van der Waals surface area (Å²) < 4.78 is 15.5. The number of hydrogen-bond acceptors (Lipinski definition) is 3. The minimum Gasteiger partial charge on any atom is -0.338 e. The van der Waals surface area contributed by atoms with E-state index in [1.807, 2.05) is 0 Å². The molecule has 0 saturated carbocycles. The Kier molecular flexibility index (Phi) is 4.72. The van der Waals surface area contributed by atoms with Crippen LogP contribution in [-0.4, -0.2) is 28.3 Å². The Morgan fingerprint density at radius 3 is 2.73 bits per heavy atom. The number of carbonyl (C=O) groups excluding carboxylic acids is 2. The van der Waals surface area contributed by atoms with Crippen LogP contribution in [0.5, 0.6) is 0 Å². The molecule has 0 spiro atoms. The number of nitrogens with one attached hydrogen (secondary N) is 3. The first-order valence-electron chi connectivity index (χ1n) is 6.64. The highest BCUT2D eigenvalue weighted by atomic mass is 19.1. The van der Waals surface area contributed by atoms with Gasteiger partial charge >= 0.3 is 6.03 Å². The molecule has 2 rings (SSSR count). The van der Waals surface area contributed by atoms with E-state index in [9.17, 15) is 14.0 Å². The van der Waals surface area contributed by atoms with Crippen LogP contribution in [0, 0.1) is 5.82 Å². The van der Waals surface area contributed by atoms with Crippen molar-refractivity contribution >= 4 is 23.3 Å². The van der Waals surface area contributed by atoms with E-state index in [1.54, 1.807) is 20.2 Å². The van der Waals surface area contributed by atoms with Crippen molar-refractivity contribution in [1.82, 2.24) is 15.1 Å². The first kappa shape index (κ1) is 15.5. The van der Waals surface area contributed by atoms with E-state index in [4.69, 9.17) is 0 Å². The highest BCUT2D eigenvalue weighted by molar-refractivity contribution is 6.10. The monoisotopic (exact) mass is 305 g/mol. The Morgan fingerprint density at radius 2 is 2.09 bits per heavy atom. The van der Waals surface area contributed by atoms with Crippen LogP contribution in [0.15, 0.2) is 30.6 Å². The minimum atomic E-state index is -0.726. The van der Waals surface area contributed by atoms with Gasteiger partial charge in [-0.25, -0.2) is 9.18 Å². The van der Waals surface area contributed by atoms with Crippen molar-refractivity contribution in [3.63, 3.8) is 0 Å². The van der Waals surface area contributed by atoms with Gasteiger partial charge in [-0.05, 0) is 19.1 Å². The molecular formula is C14H16FN5O2. The number of anilines is 2. The van der Waals surface area contributed by atoms with E-state index in [0.717, 1.165) is 6.07 Å². The summed E-state index contributed by atoms with van der Waals surface area (Å²) in [5.74, 6) is -1.39. The summed E-state index contributed by atoms with van der Waals surface area (Å²) in [5, 5.41) is 11.4. The van der Waals surface area contributed by atoms with Crippen LogP contribution in [0.4, 0.5) is 20.6 Å². The Morgan fingerprint density at radius 1 is 1.32 bits per heavy atom. The number of nitrogens with zero attached hydrogens (tertiary/aromatic N) is 2. The second kappa shape index (κ2) is 6.70. The van der Waals surface area contributed by atoms with Gasteiger partial charge in [0.15, 0.2) is 0 Å². The SMILES string of the molecule is CCNC(=O)Nc1cccc(F)c1C(=O)Nc1cnn(C)c1. The number of urea groups is 1. The zero-order valence-corrected chi connectivity index (χ0v) is 12.2. The maximum absolute atomic E-state index is 14.0. The molecule has 116 valence electrons. The Balaban J connectivity index is 2.24. The van der Waals surface area contributed by atoms with E-state index in [-0.39, 0.29) is 11.3 Å². The molecule has 7 nitrogen and oxygen atoms in total. The van der Waals surface area contributed by atoms with Gasteiger partial charge in [0.2, 0.25) is 0 Å². The number of benzene rings is 1. The lowest BCUT2D eigenvalue weighted by atomic mass is 10.1. The van der Waals surface area contributed by atoms with Crippen LogP contribution in [0.3, 0.4) is 0 Å². The lowest BCUT2D eigenvalue weighted by Crippen LogP contribution is -2.29. The van der Waals surface area contributed by atoms with Crippen molar-refractivity contribution in [2.75, 3.05) is 17.2 Å². The lowest BCUT2D eigenvalue weighted by Gasteiger charge is -2.12. The van der Waals surface area contributed by atoms with Gasteiger partial charge in [0, 0.05) is 19.8 Å². The Bertz CT molecular complexity index is 698. The van der Waals surface area contributed by atoms with Crippen LogP contribution in [0.25, 0.3) is 0 Å². The van der Waals surface area contributed by atoms with E-state index in [0.29, 0.717) is 12.2 Å². The summed E-state index contributed by atoms with van der Waals surface area (Å²) in [4.78, 5) is 23.8. The smallest absolute Gasteiger partial charge is 0.319 e. The highest BCUT2D eigenvalue weighted by Gasteiger charge is 2.18. The number of aryl methyl sites for hydroxylation is 1. The third kappa shape index (κ3) is 3.60. The predicted octanol–water partition coefficient (Wildman–Crippen LogP) is 1.95. The Hall–Kier alpha value is -2.90. The normalized spacial score (nSPS) is 10.1. The molecule has 0 bridgehead atoms. The van der Waals surface area contributed by atoms with Crippen molar-refractivity contribution in [1.29, 1.82) is 0 Å². The number of amides is 3. The summed E-state index contributed by atoms with van der Waals surface area (Å²) in [5.41, 5.74) is 0.282. The standard InChI is InChI=1S/C14H16FN5O2/c1-3-16-14(22)19-11-6-4-5-10(15)12(11)13(21)18-9-7-17-20(2)8-9/h4-8H,3H2,1-2H3,(H,18,21)(H2,16,19,22). The third-order valence-electron chi connectivity index (χ3n) is 2.79. The average Bonchev–Trinajstić information content (AvgIpc) is 2.84. The molecule has 1 heterocycles.